The minimum atomic E-state index is -0.174. The van der Waals surface area contributed by atoms with Gasteiger partial charge in [-0.2, -0.15) is 5.10 Å². The highest BCUT2D eigenvalue weighted by atomic mass is 16.5. The van der Waals surface area contributed by atoms with Gasteiger partial charge in [0.1, 0.15) is 0 Å². The zero-order valence-electron chi connectivity index (χ0n) is 14.6. The number of aromatic nitrogens is 3. The van der Waals surface area contributed by atoms with Gasteiger partial charge in [-0.1, -0.05) is 0 Å². The van der Waals surface area contributed by atoms with Crippen LogP contribution >= 0.6 is 0 Å². The number of hydrogen-bond donors (Lipinski definition) is 2. The summed E-state index contributed by atoms with van der Waals surface area (Å²) in [7, 11) is 1.61. The van der Waals surface area contributed by atoms with Gasteiger partial charge >= 0.3 is 6.03 Å². The average molecular weight is 343 g/mol. The van der Waals surface area contributed by atoms with Crippen molar-refractivity contribution in [2.75, 3.05) is 26.8 Å². The maximum atomic E-state index is 11.7. The van der Waals surface area contributed by atoms with E-state index in [2.05, 4.69) is 20.3 Å². The number of rotatable bonds is 7. The Hall–Kier alpha value is -2.41. The van der Waals surface area contributed by atoms with Gasteiger partial charge in [-0.15, -0.1) is 0 Å². The molecular formula is C18H25N5O2. The minimum Gasteiger partial charge on any atom is -0.383 e. The maximum Gasteiger partial charge on any atom is 0.314 e. The van der Waals surface area contributed by atoms with Crippen LogP contribution in [0.25, 0.3) is 11.3 Å². The van der Waals surface area contributed by atoms with E-state index < -0.39 is 0 Å². The second-order valence-electron chi connectivity index (χ2n) is 6.12. The molecule has 0 fully saturated rings. The predicted octanol–water partition coefficient (Wildman–Crippen LogP) is 1.77. The molecule has 134 valence electrons. The van der Waals surface area contributed by atoms with E-state index in [0.29, 0.717) is 26.2 Å². The van der Waals surface area contributed by atoms with Crippen LogP contribution in [0.2, 0.25) is 0 Å². The van der Waals surface area contributed by atoms with Gasteiger partial charge in [0, 0.05) is 49.4 Å². The molecule has 0 spiro atoms. The zero-order chi connectivity index (χ0) is 17.5. The Morgan fingerprint density at radius 2 is 1.96 bits per heavy atom. The summed E-state index contributed by atoms with van der Waals surface area (Å²) in [6, 6.07) is 3.83. The van der Waals surface area contributed by atoms with Crippen molar-refractivity contribution in [3.63, 3.8) is 0 Å². The van der Waals surface area contributed by atoms with Crippen molar-refractivity contribution in [2.24, 2.45) is 0 Å². The van der Waals surface area contributed by atoms with Crippen LogP contribution in [0.1, 0.15) is 24.1 Å². The molecule has 2 amide bonds. The number of carbonyl (C=O) groups excluding carboxylic acids is 1. The highest BCUT2D eigenvalue weighted by Gasteiger charge is 2.21. The summed E-state index contributed by atoms with van der Waals surface area (Å²) in [6.07, 6.45) is 8.12. The van der Waals surface area contributed by atoms with Crippen molar-refractivity contribution in [3.8, 4) is 11.3 Å². The standard InChI is InChI=1S/C18H25N5O2/c1-25-13-11-21-18(24)20-10-12-23-16-5-3-2-4-15(16)17(22-23)14-6-8-19-9-7-14/h6-9H,2-5,10-13H2,1H3,(H2,20,21,24). The lowest BCUT2D eigenvalue weighted by atomic mass is 9.94. The van der Waals surface area contributed by atoms with Gasteiger partial charge in [0.05, 0.1) is 18.8 Å². The third-order valence-corrected chi connectivity index (χ3v) is 4.41. The number of amides is 2. The highest BCUT2D eigenvalue weighted by Crippen LogP contribution is 2.30. The first-order valence-corrected chi connectivity index (χ1v) is 8.79. The molecule has 2 aromatic heterocycles. The number of pyridine rings is 1. The van der Waals surface area contributed by atoms with Gasteiger partial charge in [0.25, 0.3) is 0 Å². The molecule has 2 N–H and O–H groups in total. The van der Waals surface area contributed by atoms with E-state index in [1.807, 2.05) is 12.1 Å². The van der Waals surface area contributed by atoms with Crippen LogP contribution in [0, 0.1) is 0 Å². The topological polar surface area (TPSA) is 81.1 Å². The van der Waals surface area contributed by atoms with Crippen molar-refractivity contribution < 1.29 is 9.53 Å². The Kier molecular flexibility index (Phi) is 6.00. The lowest BCUT2D eigenvalue weighted by molar-refractivity contribution is 0.196. The van der Waals surface area contributed by atoms with E-state index >= 15 is 0 Å². The van der Waals surface area contributed by atoms with Crippen LogP contribution in [-0.4, -0.2) is 47.6 Å². The lowest BCUT2D eigenvalue weighted by Crippen LogP contribution is -2.38. The van der Waals surface area contributed by atoms with Gasteiger partial charge in [-0.3, -0.25) is 9.67 Å². The van der Waals surface area contributed by atoms with Crippen LogP contribution in [0.15, 0.2) is 24.5 Å². The number of nitrogens with one attached hydrogen (secondary N) is 2. The molecule has 0 bridgehead atoms. The molecule has 1 aliphatic rings. The first kappa shape index (κ1) is 17.4. The van der Waals surface area contributed by atoms with E-state index in [4.69, 9.17) is 9.84 Å². The molecule has 2 heterocycles. The molecule has 0 aliphatic heterocycles. The number of fused-ring (bicyclic) bond motifs is 1. The van der Waals surface area contributed by atoms with E-state index in [1.165, 1.54) is 24.1 Å². The predicted molar refractivity (Wildman–Crippen MR) is 95.4 cm³/mol. The number of ether oxygens (including phenoxy) is 1. The molecule has 0 saturated carbocycles. The van der Waals surface area contributed by atoms with E-state index in [0.717, 1.165) is 24.1 Å². The molecule has 3 rings (SSSR count). The SMILES string of the molecule is COCCNC(=O)NCCn1nc(-c2ccncc2)c2c1CCCC2. The van der Waals surface area contributed by atoms with Crippen LogP contribution in [0.3, 0.4) is 0 Å². The average Bonchev–Trinajstić information content (AvgIpc) is 3.02. The Labute approximate surface area is 147 Å². The summed E-state index contributed by atoms with van der Waals surface area (Å²) >= 11 is 0. The first-order valence-electron chi connectivity index (χ1n) is 8.79. The Bertz CT molecular complexity index is 699. The van der Waals surface area contributed by atoms with Crippen molar-refractivity contribution in [1.29, 1.82) is 0 Å². The number of hydrogen-bond acceptors (Lipinski definition) is 4. The molecule has 0 unspecified atom stereocenters. The van der Waals surface area contributed by atoms with Crippen LogP contribution < -0.4 is 10.6 Å². The second-order valence-corrected chi connectivity index (χ2v) is 6.12. The van der Waals surface area contributed by atoms with Gasteiger partial charge in [-0.05, 0) is 37.8 Å². The number of nitrogens with zero attached hydrogens (tertiary/aromatic N) is 3. The van der Waals surface area contributed by atoms with Crippen LogP contribution in [-0.2, 0) is 24.1 Å². The zero-order valence-corrected chi connectivity index (χ0v) is 14.6. The first-order chi connectivity index (χ1) is 12.3. The second kappa shape index (κ2) is 8.62. The smallest absolute Gasteiger partial charge is 0.314 e. The Balaban J connectivity index is 1.66. The van der Waals surface area contributed by atoms with E-state index in [1.54, 1.807) is 19.5 Å². The Morgan fingerprint density at radius 1 is 1.20 bits per heavy atom. The fourth-order valence-corrected chi connectivity index (χ4v) is 3.20. The molecule has 2 aromatic rings. The van der Waals surface area contributed by atoms with E-state index in [9.17, 15) is 4.79 Å². The minimum absolute atomic E-state index is 0.174. The third kappa shape index (κ3) is 4.36. The number of urea groups is 1. The molecule has 1 aliphatic carbocycles. The van der Waals surface area contributed by atoms with Crippen LogP contribution in [0.4, 0.5) is 4.79 Å². The summed E-state index contributed by atoms with van der Waals surface area (Å²) in [5.41, 5.74) is 4.82. The Morgan fingerprint density at radius 3 is 2.76 bits per heavy atom. The normalized spacial score (nSPS) is 13.3. The molecular weight excluding hydrogens is 318 g/mol. The molecule has 0 radical (unpaired) electrons. The van der Waals surface area contributed by atoms with Gasteiger partial charge in [0.15, 0.2) is 0 Å². The lowest BCUT2D eigenvalue weighted by Gasteiger charge is -2.14. The molecule has 7 heteroatoms. The number of carbonyl (C=O) groups is 1. The third-order valence-electron chi connectivity index (χ3n) is 4.41. The summed E-state index contributed by atoms with van der Waals surface area (Å²) in [5, 5.41) is 10.5. The monoisotopic (exact) mass is 343 g/mol. The van der Waals surface area contributed by atoms with Crippen molar-refractivity contribution in [3.05, 3.63) is 35.8 Å². The van der Waals surface area contributed by atoms with Gasteiger partial charge in [0.2, 0.25) is 0 Å². The van der Waals surface area contributed by atoms with Crippen LogP contribution in [0.5, 0.6) is 0 Å². The summed E-state index contributed by atoms with van der Waals surface area (Å²) in [6.45, 7) is 2.23. The largest absolute Gasteiger partial charge is 0.383 e. The summed E-state index contributed by atoms with van der Waals surface area (Å²) in [5.74, 6) is 0. The molecule has 25 heavy (non-hydrogen) atoms. The maximum absolute atomic E-state index is 11.7. The fourth-order valence-electron chi connectivity index (χ4n) is 3.20. The molecule has 0 aromatic carbocycles. The molecule has 0 atom stereocenters. The van der Waals surface area contributed by atoms with Crippen molar-refractivity contribution in [2.45, 2.75) is 32.2 Å². The summed E-state index contributed by atoms with van der Waals surface area (Å²) in [4.78, 5) is 15.8. The van der Waals surface area contributed by atoms with Gasteiger partial charge in [-0.25, -0.2) is 4.79 Å². The fraction of sp³-hybridized carbons (Fsp3) is 0.500. The van der Waals surface area contributed by atoms with E-state index in [-0.39, 0.29) is 6.03 Å². The van der Waals surface area contributed by atoms with Crippen molar-refractivity contribution >= 4 is 6.03 Å². The van der Waals surface area contributed by atoms with Gasteiger partial charge < -0.3 is 15.4 Å². The van der Waals surface area contributed by atoms with Crippen molar-refractivity contribution in [1.82, 2.24) is 25.4 Å². The molecule has 7 nitrogen and oxygen atoms in total. The highest BCUT2D eigenvalue weighted by molar-refractivity contribution is 5.73. The number of methoxy groups -OCH3 is 1. The summed E-state index contributed by atoms with van der Waals surface area (Å²) < 4.78 is 6.97. The quantitative estimate of drug-likeness (QED) is 0.751. The molecule has 0 saturated heterocycles.